The molecule has 2 aliphatic rings. The average molecular weight is 84.2 g/mol. The van der Waals surface area contributed by atoms with Crippen LogP contribution in [0.1, 0.15) is 26.7 Å². The second-order valence-corrected chi connectivity index (χ2v) is 1.99. The number of rotatable bonds is 0. The summed E-state index contributed by atoms with van der Waals surface area (Å²) in [5.74, 6) is 2.50. The summed E-state index contributed by atoms with van der Waals surface area (Å²) in [7, 11) is 0. The van der Waals surface area contributed by atoms with Crippen LogP contribution in [-0.2, 0) is 0 Å². The van der Waals surface area contributed by atoms with Crippen LogP contribution in [0, 0.1) is 11.8 Å². The monoisotopic (exact) mass is 84.1 g/mol. The third-order valence-corrected chi connectivity index (χ3v) is 1.47. The van der Waals surface area contributed by atoms with Crippen molar-refractivity contribution < 1.29 is 0 Å². The molecular formula is C6H12. The molecule has 2 fully saturated rings. The van der Waals surface area contributed by atoms with Crippen LogP contribution in [0.3, 0.4) is 0 Å². The molecule has 0 aliphatic heterocycles. The van der Waals surface area contributed by atoms with Crippen molar-refractivity contribution in [2.24, 2.45) is 11.8 Å². The van der Waals surface area contributed by atoms with Crippen molar-refractivity contribution in [3.63, 3.8) is 0 Å². The molecule has 0 aromatic carbocycles. The summed E-state index contributed by atoms with van der Waals surface area (Å²) < 4.78 is 0. The standard InChI is InChI=1S/C4H6.C2H6/c1-3-2-4(1)3;1-2/h3-4H,1-2H2;1-2H3. The Kier molecular flexibility index (Phi) is 0.868. The number of hydrogen-bond acceptors (Lipinski definition) is 0. The van der Waals surface area contributed by atoms with E-state index in [1.807, 2.05) is 13.8 Å². The first-order chi connectivity index (χ1) is 2.97. The van der Waals surface area contributed by atoms with E-state index in [9.17, 15) is 0 Å². The molecule has 0 aromatic heterocycles. The van der Waals surface area contributed by atoms with E-state index in [0.29, 0.717) is 0 Å². The van der Waals surface area contributed by atoms with E-state index in [4.69, 9.17) is 0 Å². The highest BCUT2D eigenvalue weighted by atomic mass is 14.6. The first-order valence-corrected chi connectivity index (χ1v) is 2.97. The number of fused-ring (bicyclic) bond motifs is 1. The van der Waals surface area contributed by atoms with Crippen LogP contribution in [0.5, 0.6) is 0 Å². The van der Waals surface area contributed by atoms with Gasteiger partial charge in [0.05, 0.1) is 0 Å². The third kappa shape index (κ3) is 0.562. The highest BCUT2D eigenvalue weighted by Gasteiger charge is 2.52. The van der Waals surface area contributed by atoms with Gasteiger partial charge in [-0.3, -0.25) is 0 Å². The van der Waals surface area contributed by atoms with Crippen molar-refractivity contribution in [3.05, 3.63) is 0 Å². The molecule has 0 spiro atoms. The van der Waals surface area contributed by atoms with Crippen molar-refractivity contribution in [2.75, 3.05) is 0 Å². The molecule has 2 saturated carbocycles. The van der Waals surface area contributed by atoms with Crippen LogP contribution >= 0.6 is 0 Å². The van der Waals surface area contributed by atoms with Gasteiger partial charge in [-0.15, -0.1) is 0 Å². The molecule has 6 heavy (non-hydrogen) atoms. The fraction of sp³-hybridized carbons (Fsp3) is 1.00. The van der Waals surface area contributed by atoms with Gasteiger partial charge in [-0.25, -0.2) is 0 Å². The molecule has 0 heteroatoms. The summed E-state index contributed by atoms with van der Waals surface area (Å²) in [6.07, 6.45) is 3.17. The summed E-state index contributed by atoms with van der Waals surface area (Å²) in [4.78, 5) is 0. The van der Waals surface area contributed by atoms with Crippen LogP contribution in [-0.4, -0.2) is 0 Å². The predicted octanol–water partition coefficient (Wildman–Crippen LogP) is 2.05. The normalized spacial score (nSPS) is 45.0. The lowest BCUT2D eigenvalue weighted by molar-refractivity contribution is 0.915. The molecule has 0 N–H and O–H groups in total. The maximum Gasteiger partial charge on any atom is -0.0380 e. The summed E-state index contributed by atoms with van der Waals surface area (Å²) in [6.45, 7) is 4.00. The summed E-state index contributed by atoms with van der Waals surface area (Å²) >= 11 is 0. The average Bonchev–Trinajstić information content (AvgIpc) is 2.17. The van der Waals surface area contributed by atoms with E-state index >= 15 is 0 Å². The van der Waals surface area contributed by atoms with Crippen molar-refractivity contribution in [1.29, 1.82) is 0 Å². The predicted molar refractivity (Wildman–Crippen MR) is 27.6 cm³/mol. The lowest BCUT2D eigenvalue weighted by Gasteiger charge is -1.60. The summed E-state index contributed by atoms with van der Waals surface area (Å²) in [5, 5.41) is 0. The highest BCUT2D eigenvalue weighted by molar-refractivity contribution is 5.02. The first kappa shape index (κ1) is 4.17. The Morgan fingerprint density at radius 2 is 1.17 bits per heavy atom. The van der Waals surface area contributed by atoms with E-state index in [1.54, 1.807) is 12.8 Å². The molecule has 0 saturated heterocycles. The largest absolute Gasteiger partial charge is 0.0683 e. The molecule has 2 rings (SSSR count). The maximum absolute atomic E-state index is 2.00. The zero-order chi connectivity index (χ0) is 4.57. The lowest BCUT2D eigenvalue weighted by atomic mass is 10.5. The SMILES string of the molecule is C1C2CC12.CC. The highest BCUT2D eigenvalue weighted by Crippen LogP contribution is 2.62. The van der Waals surface area contributed by atoms with Gasteiger partial charge in [0.25, 0.3) is 0 Å². The molecule has 0 atom stereocenters. The van der Waals surface area contributed by atoms with Gasteiger partial charge < -0.3 is 0 Å². The summed E-state index contributed by atoms with van der Waals surface area (Å²) in [6, 6.07) is 0. The minimum atomic E-state index is 1.25. The van der Waals surface area contributed by atoms with E-state index in [-0.39, 0.29) is 0 Å². The molecule has 0 aromatic rings. The molecule has 0 heterocycles. The fourth-order valence-corrected chi connectivity index (χ4v) is 0.552. The molecule has 0 amide bonds. The van der Waals surface area contributed by atoms with Gasteiger partial charge >= 0.3 is 0 Å². The maximum atomic E-state index is 2.00. The molecular weight excluding hydrogens is 72.1 g/mol. The number of hydrogen-bond donors (Lipinski definition) is 0. The van der Waals surface area contributed by atoms with E-state index in [1.165, 1.54) is 11.8 Å². The van der Waals surface area contributed by atoms with Gasteiger partial charge in [-0.2, -0.15) is 0 Å². The Hall–Kier alpha value is 0. The minimum Gasteiger partial charge on any atom is -0.0683 e. The second-order valence-electron chi connectivity index (χ2n) is 1.99. The lowest BCUT2D eigenvalue weighted by Crippen LogP contribution is -1.47. The second kappa shape index (κ2) is 1.25. The Balaban J connectivity index is 0.0000000825. The Morgan fingerprint density at radius 1 is 1.00 bits per heavy atom. The zero-order valence-corrected chi connectivity index (χ0v) is 4.57. The quantitative estimate of drug-likeness (QED) is 0.421. The molecule has 0 unspecified atom stereocenters. The Bertz CT molecular complexity index is 36.0. The molecule has 2 aliphatic carbocycles. The third-order valence-electron chi connectivity index (χ3n) is 1.47. The fourth-order valence-electron chi connectivity index (χ4n) is 0.552. The van der Waals surface area contributed by atoms with E-state index < -0.39 is 0 Å². The van der Waals surface area contributed by atoms with Gasteiger partial charge in [0.2, 0.25) is 0 Å². The zero-order valence-electron chi connectivity index (χ0n) is 4.57. The van der Waals surface area contributed by atoms with Gasteiger partial charge in [0.15, 0.2) is 0 Å². The van der Waals surface area contributed by atoms with Crippen LogP contribution in [0.25, 0.3) is 0 Å². The van der Waals surface area contributed by atoms with Gasteiger partial charge in [-0.1, -0.05) is 13.8 Å². The van der Waals surface area contributed by atoms with Crippen LogP contribution in [0.2, 0.25) is 0 Å². The first-order valence-electron chi connectivity index (χ1n) is 2.97. The van der Waals surface area contributed by atoms with Gasteiger partial charge in [0, 0.05) is 0 Å². The topological polar surface area (TPSA) is 0 Å². The van der Waals surface area contributed by atoms with E-state index in [2.05, 4.69) is 0 Å². The summed E-state index contributed by atoms with van der Waals surface area (Å²) in [5.41, 5.74) is 0. The van der Waals surface area contributed by atoms with Crippen molar-refractivity contribution in [1.82, 2.24) is 0 Å². The molecule has 36 valence electrons. The van der Waals surface area contributed by atoms with Crippen molar-refractivity contribution >= 4 is 0 Å². The Labute approximate surface area is 39.6 Å². The van der Waals surface area contributed by atoms with E-state index in [0.717, 1.165) is 0 Å². The van der Waals surface area contributed by atoms with Crippen molar-refractivity contribution in [3.8, 4) is 0 Å². The van der Waals surface area contributed by atoms with Gasteiger partial charge in [0.1, 0.15) is 0 Å². The van der Waals surface area contributed by atoms with Crippen LogP contribution in [0.4, 0.5) is 0 Å². The Morgan fingerprint density at radius 3 is 1.17 bits per heavy atom. The molecule has 0 radical (unpaired) electrons. The van der Waals surface area contributed by atoms with Crippen molar-refractivity contribution in [2.45, 2.75) is 26.7 Å². The van der Waals surface area contributed by atoms with Gasteiger partial charge in [-0.05, 0) is 24.7 Å². The molecule has 0 bridgehead atoms. The van der Waals surface area contributed by atoms with Crippen LogP contribution in [0.15, 0.2) is 0 Å². The smallest absolute Gasteiger partial charge is 0.0380 e. The molecule has 0 nitrogen and oxygen atoms in total. The minimum absolute atomic E-state index is 1.25. The van der Waals surface area contributed by atoms with Crippen LogP contribution < -0.4 is 0 Å².